The molecule has 8 nitrogen and oxygen atoms in total. The number of benzene rings is 1. The van der Waals surface area contributed by atoms with Gasteiger partial charge in [-0.2, -0.15) is 0 Å². The van der Waals surface area contributed by atoms with Crippen LogP contribution >= 0.6 is 0 Å². The van der Waals surface area contributed by atoms with Crippen molar-refractivity contribution in [3.05, 3.63) is 33.6 Å². The number of aryl methyl sites for hydroxylation is 1. The number of nitrogens with one attached hydrogen (secondary N) is 1. The van der Waals surface area contributed by atoms with Gasteiger partial charge in [-0.25, -0.2) is 0 Å². The molecular weight excluding hydrogens is 352 g/mol. The highest BCUT2D eigenvalue weighted by Gasteiger charge is 2.27. The average Bonchev–Trinajstić information content (AvgIpc) is 2.57. The zero-order valence-corrected chi connectivity index (χ0v) is 15.7. The number of hydrogen-bond acceptors (Lipinski definition) is 6. The minimum absolute atomic E-state index is 0.262. The number of carbonyl (C=O) groups excluding carboxylic acids is 2. The molecule has 0 fully saturated rings. The lowest BCUT2D eigenvalue weighted by Crippen LogP contribution is -2.39. The number of nitrogens with zero attached hydrogens (tertiary/aromatic N) is 1. The predicted octanol–water partition coefficient (Wildman–Crippen LogP) is 1.48. The largest absolute Gasteiger partial charge is 0.506 e. The quantitative estimate of drug-likeness (QED) is 0.788. The van der Waals surface area contributed by atoms with Crippen molar-refractivity contribution in [1.29, 1.82) is 0 Å². The van der Waals surface area contributed by atoms with Gasteiger partial charge in [0.15, 0.2) is 0 Å². The number of esters is 1. The fourth-order valence-electron chi connectivity index (χ4n) is 3.06. The summed E-state index contributed by atoms with van der Waals surface area (Å²) in [5.74, 6) is -1.38. The molecule has 0 saturated heterocycles. The summed E-state index contributed by atoms with van der Waals surface area (Å²) in [4.78, 5) is 37.1. The molecule has 0 aliphatic carbocycles. The molecule has 2 aromatic rings. The second kappa shape index (κ2) is 6.61. The van der Waals surface area contributed by atoms with Crippen molar-refractivity contribution in [3.63, 3.8) is 0 Å². The molecule has 0 saturated carbocycles. The van der Waals surface area contributed by atoms with Crippen LogP contribution in [-0.2, 0) is 16.1 Å². The van der Waals surface area contributed by atoms with E-state index in [-0.39, 0.29) is 13.2 Å². The lowest BCUT2D eigenvalue weighted by Gasteiger charge is -2.23. The molecule has 1 aromatic carbocycles. The SMILES string of the molecule is Cc1ccc2c(O)c(C(=O)NCC(=O)OC(C)(C)C)c(=O)n3c2c1OCC3. The lowest BCUT2D eigenvalue weighted by molar-refractivity contribution is -0.153. The average molecular weight is 374 g/mol. The van der Waals surface area contributed by atoms with Gasteiger partial charge in [0.05, 0.1) is 12.1 Å². The van der Waals surface area contributed by atoms with E-state index >= 15 is 0 Å². The molecule has 144 valence electrons. The van der Waals surface area contributed by atoms with Gasteiger partial charge < -0.3 is 24.5 Å². The summed E-state index contributed by atoms with van der Waals surface area (Å²) in [5.41, 5.74) is -0.422. The van der Waals surface area contributed by atoms with Crippen LogP contribution in [0.1, 0.15) is 36.7 Å². The van der Waals surface area contributed by atoms with E-state index in [1.807, 2.05) is 6.92 Å². The minimum Gasteiger partial charge on any atom is -0.506 e. The van der Waals surface area contributed by atoms with Crippen LogP contribution in [0.25, 0.3) is 10.9 Å². The Morgan fingerprint density at radius 1 is 1.33 bits per heavy atom. The summed E-state index contributed by atoms with van der Waals surface area (Å²) in [6.45, 7) is 7.11. The molecule has 0 unspecified atom stereocenters. The maximum Gasteiger partial charge on any atom is 0.325 e. The second-order valence-electron chi connectivity index (χ2n) is 7.41. The fourth-order valence-corrected chi connectivity index (χ4v) is 3.06. The van der Waals surface area contributed by atoms with E-state index in [9.17, 15) is 19.5 Å². The summed E-state index contributed by atoms with van der Waals surface area (Å²) in [5, 5.41) is 13.3. The molecule has 0 spiro atoms. The summed E-state index contributed by atoms with van der Waals surface area (Å²) in [7, 11) is 0. The molecule has 2 heterocycles. The first-order valence-corrected chi connectivity index (χ1v) is 8.62. The molecule has 1 aromatic heterocycles. The van der Waals surface area contributed by atoms with Crippen molar-refractivity contribution in [1.82, 2.24) is 9.88 Å². The van der Waals surface area contributed by atoms with E-state index in [1.54, 1.807) is 32.9 Å². The summed E-state index contributed by atoms with van der Waals surface area (Å²) >= 11 is 0. The highest BCUT2D eigenvalue weighted by Crippen LogP contribution is 2.36. The number of aromatic nitrogens is 1. The monoisotopic (exact) mass is 374 g/mol. The Morgan fingerprint density at radius 3 is 2.70 bits per heavy atom. The standard InChI is InChI=1S/C19H22N2O6/c1-10-5-6-11-14-16(10)26-8-7-21(14)18(25)13(15(11)23)17(24)20-9-12(22)27-19(2,3)4/h5-6,23H,7-9H2,1-4H3,(H,20,24). The van der Waals surface area contributed by atoms with E-state index in [0.717, 1.165) is 5.56 Å². The predicted molar refractivity (Wildman–Crippen MR) is 98.3 cm³/mol. The van der Waals surface area contributed by atoms with E-state index in [4.69, 9.17) is 9.47 Å². The third-order valence-electron chi connectivity index (χ3n) is 4.15. The van der Waals surface area contributed by atoms with Crippen molar-refractivity contribution in [2.24, 2.45) is 0 Å². The Hall–Kier alpha value is -3.03. The van der Waals surface area contributed by atoms with Gasteiger partial charge in [0, 0.05) is 5.39 Å². The first-order chi connectivity index (χ1) is 12.6. The summed E-state index contributed by atoms with van der Waals surface area (Å²) in [6, 6.07) is 3.39. The van der Waals surface area contributed by atoms with Crippen molar-refractivity contribution < 1.29 is 24.2 Å². The van der Waals surface area contributed by atoms with Gasteiger partial charge in [-0.3, -0.25) is 14.4 Å². The molecule has 1 aliphatic rings. The molecular formula is C19H22N2O6. The Kier molecular flexibility index (Phi) is 4.59. The fraction of sp³-hybridized carbons (Fsp3) is 0.421. The van der Waals surface area contributed by atoms with E-state index in [2.05, 4.69) is 5.32 Å². The van der Waals surface area contributed by atoms with Crippen LogP contribution in [0.5, 0.6) is 11.5 Å². The van der Waals surface area contributed by atoms with Gasteiger partial charge in [0.25, 0.3) is 11.5 Å². The number of hydrogen-bond donors (Lipinski definition) is 2. The highest BCUT2D eigenvalue weighted by molar-refractivity contribution is 6.04. The van der Waals surface area contributed by atoms with E-state index < -0.39 is 40.9 Å². The van der Waals surface area contributed by atoms with Crippen LogP contribution in [0.15, 0.2) is 16.9 Å². The first-order valence-electron chi connectivity index (χ1n) is 8.62. The molecule has 1 aliphatic heterocycles. The zero-order valence-electron chi connectivity index (χ0n) is 15.7. The number of ether oxygens (including phenoxy) is 2. The van der Waals surface area contributed by atoms with Crippen molar-refractivity contribution in [2.45, 2.75) is 39.8 Å². The lowest BCUT2D eigenvalue weighted by atomic mass is 10.0. The molecule has 3 rings (SSSR count). The Bertz CT molecular complexity index is 1000. The van der Waals surface area contributed by atoms with Crippen molar-refractivity contribution >= 4 is 22.8 Å². The van der Waals surface area contributed by atoms with Crippen LogP contribution in [0.3, 0.4) is 0 Å². The number of pyridine rings is 1. The zero-order chi connectivity index (χ0) is 19.9. The maximum atomic E-state index is 12.8. The van der Waals surface area contributed by atoms with Gasteiger partial charge in [0.1, 0.15) is 35.8 Å². The second-order valence-corrected chi connectivity index (χ2v) is 7.41. The topological polar surface area (TPSA) is 107 Å². The van der Waals surface area contributed by atoms with Gasteiger partial charge >= 0.3 is 5.97 Å². The molecule has 0 atom stereocenters. The van der Waals surface area contributed by atoms with Gasteiger partial charge in [-0.15, -0.1) is 0 Å². The summed E-state index contributed by atoms with van der Waals surface area (Å²) < 4.78 is 12.2. The number of aromatic hydroxyl groups is 1. The van der Waals surface area contributed by atoms with Crippen LogP contribution in [0, 0.1) is 6.92 Å². The number of amides is 1. The molecule has 8 heteroatoms. The minimum atomic E-state index is -0.831. The van der Waals surface area contributed by atoms with Crippen LogP contribution < -0.4 is 15.6 Å². The number of carbonyl (C=O) groups is 2. The van der Waals surface area contributed by atoms with Crippen LogP contribution in [-0.4, -0.2) is 40.3 Å². The maximum absolute atomic E-state index is 12.8. The molecule has 0 radical (unpaired) electrons. The third-order valence-corrected chi connectivity index (χ3v) is 4.15. The van der Waals surface area contributed by atoms with E-state index in [1.165, 1.54) is 4.57 Å². The Morgan fingerprint density at radius 2 is 2.04 bits per heavy atom. The molecule has 0 bridgehead atoms. The molecule has 1 amide bonds. The Balaban J connectivity index is 1.99. The normalized spacial score (nSPS) is 13.2. The van der Waals surface area contributed by atoms with Gasteiger partial charge in [0.2, 0.25) is 0 Å². The van der Waals surface area contributed by atoms with Crippen LogP contribution in [0.4, 0.5) is 0 Å². The Labute approximate surface area is 155 Å². The highest BCUT2D eigenvalue weighted by atomic mass is 16.6. The van der Waals surface area contributed by atoms with E-state index in [0.29, 0.717) is 16.7 Å². The third kappa shape index (κ3) is 3.47. The summed E-state index contributed by atoms with van der Waals surface area (Å²) in [6.07, 6.45) is 0. The van der Waals surface area contributed by atoms with Gasteiger partial charge in [-0.05, 0) is 39.3 Å². The van der Waals surface area contributed by atoms with Crippen LogP contribution in [0.2, 0.25) is 0 Å². The molecule has 27 heavy (non-hydrogen) atoms. The van der Waals surface area contributed by atoms with Gasteiger partial charge in [-0.1, -0.05) is 6.07 Å². The first kappa shape index (κ1) is 18.8. The van der Waals surface area contributed by atoms with Crippen molar-refractivity contribution in [3.8, 4) is 11.5 Å². The molecule has 2 N–H and O–H groups in total. The smallest absolute Gasteiger partial charge is 0.325 e. The number of rotatable bonds is 3. The van der Waals surface area contributed by atoms with Crippen molar-refractivity contribution in [2.75, 3.05) is 13.2 Å².